The molecule has 0 bridgehead atoms. The minimum Gasteiger partial charge on any atom is -0.457 e. The summed E-state index contributed by atoms with van der Waals surface area (Å²) in [6.45, 7) is 3.31. The smallest absolute Gasteiger partial charge is 0.349 e. The molecule has 3 heterocycles. The van der Waals surface area contributed by atoms with Gasteiger partial charge in [-0.05, 0) is 25.0 Å². The first-order chi connectivity index (χ1) is 16.3. The van der Waals surface area contributed by atoms with E-state index in [0.29, 0.717) is 15.3 Å². The zero-order valence-corrected chi connectivity index (χ0v) is 19.4. The van der Waals surface area contributed by atoms with Gasteiger partial charge in [-0.15, -0.1) is 11.3 Å². The summed E-state index contributed by atoms with van der Waals surface area (Å²) in [7, 11) is 1.59. The number of nitrogens with one attached hydrogen (secondary N) is 1. The number of nitriles is 1. The molecule has 1 atom stereocenters. The molecule has 34 heavy (non-hydrogen) atoms. The Balaban J connectivity index is 1.60. The summed E-state index contributed by atoms with van der Waals surface area (Å²) in [6.07, 6.45) is 2.62. The van der Waals surface area contributed by atoms with Crippen molar-refractivity contribution in [2.75, 3.05) is 5.32 Å². The molecule has 4 rings (SSSR count). The van der Waals surface area contributed by atoms with Crippen molar-refractivity contribution in [3.8, 4) is 6.07 Å². The lowest BCUT2D eigenvalue weighted by Gasteiger charge is -2.15. The minimum atomic E-state index is -0.932. The molecular weight excluding hydrogens is 456 g/mol. The fourth-order valence-corrected chi connectivity index (χ4v) is 4.44. The standard InChI is InChI=1S/C23H20N6O4S/c1-13-17-21(34-18(13)23(32)33-11-15-7-5-4-6-8-15)25-12-29(22(17)31)14(2)20(30)27-19-16(9-24)10-26-28(19)3/h4-8,10,12,14H,11H2,1-3H3,(H,27,30). The molecule has 0 fully saturated rings. The van der Waals surface area contributed by atoms with Crippen LogP contribution in [0, 0.1) is 18.3 Å². The zero-order valence-electron chi connectivity index (χ0n) is 18.6. The van der Waals surface area contributed by atoms with Crippen LogP contribution in [0.4, 0.5) is 5.82 Å². The van der Waals surface area contributed by atoms with Crippen LogP contribution in [0.15, 0.2) is 47.7 Å². The van der Waals surface area contributed by atoms with Crippen molar-refractivity contribution in [3.05, 3.63) is 74.8 Å². The third-order valence-corrected chi connectivity index (χ3v) is 6.55. The van der Waals surface area contributed by atoms with E-state index in [0.717, 1.165) is 16.9 Å². The third kappa shape index (κ3) is 4.18. The van der Waals surface area contributed by atoms with Gasteiger partial charge >= 0.3 is 5.97 Å². The van der Waals surface area contributed by atoms with Crippen LogP contribution >= 0.6 is 11.3 Å². The van der Waals surface area contributed by atoms with Gasteiger partial charge in [-0.25, -0.2) is 9.78 Å². The molecule has 0 aliphatic rings. The number of ether oxygens (including phenoxy) is 1. The number of carbonyl (C=O) groups excluding carboxylic acids is 2. The molecule has 0 saturated carbocycles. The van der Waals surface area contributed by atoms with Gasteiger partial charge in [-0.2, -0.15) is 10.4 Å². The van der Waals surface area contributed by atoms with E-state index in [-0.39, 0.29) is 23.4 Å². The van der Waals surface area contributed by atoms with E-state index in [2.05, 4.69) is 15.4 Å². The molecule has 3 aromatic heterocycles. The predicted molar refractivity (Wildman–Crippen MR) is 125 cm³/mol. The molecule has 4 aromatic rings. The van der Waals surface area contributed by atoms with Crippen LogP contribution in [0.25, 0.3) is 10.2 Å². The van der Waals surface area contributed by atoms with E-state index < -0.39 is 23.5 Å². The number of aryl methyl sites for hydroxylation is 2. The number of amides is 1. The maximum Gasteiger partial charge on any atom is 0.349 e. The van der Waals surface area contributed by atoms with Crippen molar-refractivity contribution in [2.45, 2.75) is 26.5 Å². The molecule has 0 saturated heterocycles. The Kier molecular flexibility index (Phi) is 6.25. The van der Waals surface area contributed by atoms with Crippen LogP contribution in [0.5, 0.6) is 0 Å². The van der Waals surface area contributed by atoms with Crippen LogP contribution in [-0.4, -0.2) is 31.2 Å². The van der Waals surface area contributed by atoms with Gasteiger partial charge in [0.15, 0.2) is 0 Å². The first-order valence-corrected chi connectivity index (χ1v) is 11.1. The number of aromatic nitrogens is 4. The molecule has 0 aliphatic carbocycles. The van der Waals surface area contributed by atoms with Gasteiger partial charge in [0.05, 0.1) is 17.9 Å². The third-order valence-electron chi connectivity index (χ3n) is 5.37. The van der Waals surface area contributed by atoms with E-state index in [1.807, 2.05) is 36.4 Å². The summed E-state index contributed by atoms with van der Waals surface area (Å²) in [5.74, 6) is -0.823. The average Bonchev–Trinajstić information content (AvgIpc) is 3.37. The lowest BCUT2D eigenvalue weighted by molar-refractivity contribution is -0.118. The lowest BCUT2D eigenvalue weighted by Crippen LogP contribution is -2.32. The lowest BCUT2D eigenvalue weighted by atomic mass is 10.2. The topological polar surface area (TPSA) is 132 Å². The van der Waals surface area contributed by atoms with Crippen LogP contribution in [-0.2, 0) is 23.2 Å². The second-order valence-corrected chi connectivity index (χ2v) is 8.56. The Morgan fingerprint density at radius 3 is 2.74 bits per heavy atom. The predicted octanol–water partition coefficient (Wildman–Crippen LogP) is 2.93. The number of benzene rings is 1. The second-order valence-electron chi connectivity index (χ2n) is 7.56. The maximum absolute atomic E-state index is 13.2. The number of rotatable bonds is 6. The summed E-state index contributed by atoms with van der Waals surface area (Å²) in [4.78, 5) is 43.7. The molecule has 1 unspecified atom stereocenters. The monoisotopic (exact) mass is 476 g/mol. The molecule has 0 aliphatic heterocycles. The normalized spacial score (nSPS) is 11.7. The fraction of sp³-hybridized carbons (Fsp3) is 0.217. The van der Waals surface area contributed by atoms with Gasteiger partial charge in [0.2, 0.25) is 5.91 Å². The molecule has 1 aromatic carbocycles. The molecular formula is C23H20N6O4S. The number of fused-ring (bicyclic) bond motifs is 1. The van der Waals surface area contributed by atoms with Crippen molar-refractivity contribution in [3.63, 3.8) is 0 Å². The number of carbonyl (C=O) groups is 2. The fourth-order valence-electron chi connectivity index (χ4n) is 3.41. The first kappa shape index (κ1) is 22.9. The average molecular weight is 477 g/mol. The molecule has 10 nitrogen and oxygen atoms in total. The highest BCUT2D eigenvalue weighted by atomic mass is 32.1. The quantitative estimate of drug-likeness (QED) is 0.423. The SMILES string of the molecule is Cc1c(C(=O)OCc2ccccc2)sc2ncn(C(C)C(=O)Nc3c(C#N)cnn3C)c(=O)c12. The van der Waals surface area contributed by atoms with Crippen LogP contribution in [0.2, 0.25) is 0 Å². The van der Waals surface area contributed by atoms with Gasteiger partial charge < -0.3 is 10.1 Å². The van der Waals surface area contributed by atoms with Crippen molar-refractivity contribution in [2.24, 2.45) is 7.05 Å². The van der Waals surface area contributed by atoms with E-state index in [1.165, 1.54) is 21.8 Å². The Labute approximate surface area is 198 Å². The molecule has 172 valence electrons. The zero-order chi connectivity index (χ0) is 24.4. The van der Waals surface area contributed by atoms with Crippen molar-refractivity contribution in [1.82, 2.24) is 19.3 Å². The minimum absolute atomic E-state index is 0.112. The van der Waals surface area contributed by atoms with Gasteiger partial charge in [0.1, 0.15) is 39.8 Å². The summed E-state index contributed by atoms with van der Waals surface area (Å²) in [5, 5.41) is 16.0. The maximum atomic E-state index is 13.2. The van der Waals surface area contributed by atoms with E-state index in [9.17, 15) is 19.6 Å². The highest BCUT2D eigenvalue weighted by Crippen LogP contribution is 2.28. The summed E-state index contributed by atoms with van der Waals surface area (Å²) >= 11 is 1.07. The van der Waals surface area contributed by atoms with E-state index in [4.69, 9.17) is 4.74 Å². The molecule has 11 heteroatoms. The second kappa shape index (κ2) is 9.29. The Bertz CT molecular complexity index is 1500. The Morgan fingerprint density at radius 1 is 1.29 bits per heavy atom. The molecule has 1 amide bonds. The molecule has 0 spiro atoms. The number of hydrogen-bond donors (Lipinski definition) is 1. The number of anilines is 1. The Hall–Kier alpha value is -4.30. The largest absolute Gasteiger partial charge is 0.457 e. The number of nitrogens with zero attached hydrogens (tertiary/aromatic N) is 5. The van der Waals surface area contributed by atoms with Crippen LogP contribution in [0.3, 0.4) is 0 Å². The highest BCUT2D eigenvalue weighted by molar-refractivity contribution is 7.20. The van der Waals surface area contributed by atoms with Gasteiger partial charge in [0, 0.05) is 7.05 Å². The summed E-state index contributed by atoms with van der Waals surface area (Å²) < 4.78 is 7.97. The summed E-state index contributed by atoms with van der Waals surface area (Å²) in [5.41, 5.74) is 1.06. The number of thiophene rings is 1. The van der Waals surface area contributed by atoms with E-state index in [1.54, 1.807) is 20.9 Å². The summed E-state index contributed by atoms with van der Waals surface area (Å²) in [6, 6.07) is 10.3. The van der Waals surface area contributed by atoms with Crippen molar-refractivity contribution >= 4 is 39.2 Å². The molecule has 0 radical (unpaired) electrons. The number of hydrogen-bond acceptors (Lipinski definition) is 8. The van der Waals surface area contributed by atoms with E-state index >= 15 is 0 Å². The number of esters is 1. The van der Waals surface area contributed by atoms with Crippen LogP contribution < -0.4 is 10.9 Å². The Morgan fingerprint density at radius 2 is 2.03 bits per heavy atom. The van der Waals surface area contributed by atoms with Gasteiger partial charge in [-0.1, -0.05) is 30.3 Å². The van der Waals surface area contributed by atoms with Crippen molar-refractivity contribution < 1.29 is 14.3 Å². The first-order valence-electron chi connectivity index (χ1n) is 10.3. The van der Waals surface area contributed by atoms with Crippen LogP contribution in [0.1, 0.15) is 39.3 Å². The molecule has 1 N–H and O–H groups in total. The highest BCUT2D eigenvalue weighted by Gasteiger charge is 2.24. The van der Waals surface area contributed by atoms with Gasteiger partial charge in [-0.3, -0.25) is 18.8 Å². The van der Waals surface area contributed by atoms with Gasteiger partial charge in [0.25, 0.3) is 5.56 Å². The van der Waals surface area contributed by atoms with Crippen molar-refractivity contribution in [1.29, 1.82) is 5.26 Å².